The Kier molecular flexibility index (Phi) is 5.15. The van der Waals surface area contributed by atoms with Gasteiger partial charge in [-0.3, -0.25) is 4.79 Å². The molecular weight excluding hydrogens is 420 g/mol. The highest BCUT2D eigenvalue weighted by Crippen LogP contribution is 2.63. The summed E-state index contributed by atoms with van der Waals surface area (Å²) in [6.45, 7) is 19.2. The van der Waals surface area contributed by atoms with Gasteiger partial charge in [-0.15, -0.1) is 0 Å². The Balaban J connectivity index is 1.91. The van der Waals surface area contributed by atoms with Gasteiger partial charge in [0.05, 0.1) is 6.10 Å². The Bertz CT molecular complexity index is 936. The van der Waals surface area contributed by atoms with E-state index in [1.54, 1.807) is 0 Å². The molecule has 4 aliphatic rings. The highest BCUT2D eigenvalue weighted by atomic mass is 28.4. The van der Waals surface area contributed by atoms with Gasteiger partial charge in [0.2, 0.25) is 5.79 Å². The first-order valence-electron chi connectivity index (χ1n) is 12.0. The van der Waals surface area contributed by atoms with E-state index in [2.05, 4.69) is 39.9 Å². The summed E-state index contributed by atoms with van der Waals surface area (Å²) in [5.74, 6) is -2.63. The van der Waals surface area contributed by atoms with Crippen LogP contribution in [0.1, 0.15) is 74.1 Å². The van der Waals surface area contributed by atoms with E-state index in [9.17, 15) is 14.7 Å². The minimum absolute atomic E-state index is 0.0137. The van der Waals surface area contributed by atoms with E-state index in [0.717, 1.165) is 5.57 Å². The third-order valence-corrected chi connectivity index (χ3v) is 13.9. The van der Waals surface area contributed by atoms with Gasteiger partial charge in [0.15, 0.2) is 8.32 Å². The van der Waals surface area contributed by atoms with Crippen LogP contribution in [0.25, 0.3) is 0 Å². The summed E-state index contributed by atoms with van der Waals surface area (Å²) in [5.41, 5.74) is 0.951. The first-order chi connectivity index (χ1) is 14.5. The number of hydrogen-bond donors (Lipinski definition) is 1. The zero-order valence-corrected chi connectivity index (χ0v) is 22.2. The lowest BCUT2D eigenvalue weighted by Crippen LogP contribution is -2.61. The van der Waals surface area contributed by atoms with Gasteiger partial charge in [-0.2, -0.15) is 0 Å². The van der Waals surface area contributed by atoms with Gasteiger partial charge >= 0.3 is 5.97 Å². The number of aliphatic hydroxyl groups is 1. The monoisotopic (exact) mass is 460 g/mol. The molecule has 1 saturated carbocycles. The minimum Gasteiger partial charge on any atom is -0.425 e. The normalized spacial score (nSPS) is 39.2. The first kappa shape index (κ1) is 23.9. The Labute approximate surface area is 193 Å². The maximum atomic E-state index is 13.9. The van der Waals surface area contributed by atoms with E-state index in [1.807, 2.05) is 27.7 Å². The van der Waals surface area contributed by atoms with Crippen LogP contribution in [-0.2, 0) is 18.8 Å². The lowest BCUT2D eigenvalue weighted by Gasteiger charge is -2.56. The highest BCUT2D eigenvalue weighted by molar-refractivity contribution is 6.74. The molecule has 1 aliphatic heterocycles. The standard InChI is InChI=1S/C26H40O5Si/c1-15-10-12-18-24(5,6)20(15)17(27)14-25(7)19(31-32(8,9)23(2,3)4)13-11-16-21(25)26(18,29)30-22(16)28/h10,18-20,29H,11-14H2,1-9H3/t18-,19+,20-,25-,26-/m1/s1. The molecule has 0 amide bonds. The smallest absolute Gasteiger partial charge is 0.336 e. The number of ketones is 1. The third-order valence-electron chi connectivity index (χ3n) is 9.44. The Morgan fingerprint density at radius 3 is 2.41 bits per heavy atom. The predicted molar refractivity (Wildman–Crippen MR) is 126 cm³/mol. The lowest BCUT2D eigenvalue weighted by molar-refractivity contribution is -0.229. The number of carbonyl (C=O) groups excluding carboxylic acids is 2. The van der Waals surface area contributed by atoms with Crippen molar-refractivity contribution in [2.75, 3.05) is 0 Å². The van der Waals surface area contributed by atoms with Gasteiger partial charge in [0.1, 0.15) is 5.78 Å². The minimum atomic E-state index is -2.15. The molecule has 0 spiro atoms. The first-order valence-corrected chi connectivity index (χ1v) is 14.9. The van der Waals surface area contributed by atoms with Crippen molar-refractivity contribution in [3.05, 3.63) is 22.8 Å². The summed E-state index contributed by atoms with van der Waals surface area (Å²) in [7, 11) is -2.15. The number of hydrogen-bond acceptors (Lipinski definition) is 5. The summed E-state index contributed by atoms with van der Waals surface area (Å²) in [5, 5.41) is 12.2. The number of carbonyl (C=O) groups is 2. The van der Waals surface area contributed by atoms with Crippen molar-refractivity contribution in [2.45, 2.75) is 104 Å². The van der Waals surface area contributed by atoms with Gasteiger partial charge < -0.3 is 14.3 Å². The largest absolute Gasteiger partial charge is 0.425 e. The molecule has 6 heteroatoms. The van der Waals surface area contributed by atoms with Crippen LogP contribution >= 0.6 is 0 Å². The molecule has 178 valence electrons. The molecule has 5 atom stereocenters. The summed E-state index contributed by atoms with van der Waals surface area (Å²) in [4.78, 5) is 26.9. The molecule has 5 nitrogen and oxygen atoms in total. The zero-order valence-electron chi connectivity index (χ0n) is 21.2. The summed E-state index contributed by atoms with van der Waals surface area (Å²) in [6, 6.07) is 0. The number of rotatable bonds is 2. The van der Waals surface area contributed by atoms with E-state index < -0.39 is 30.9 Å². The quantitative estimate of drug-likeness (QED) is 0.344. The van der Waals surface area contributed by atoms with Crippen molar-refractivity contribution in [1.82, 2.24) is 0 Å². The summed E-state index contributed by atoms with van der Waals surface area (Å²) >= 11 is 0. The number of ether oxygens (including phenoxy) is 1. The molecule has 1 N–H and O–H groups in total. The highest BCUT2D eigenvalue weighted by Gasteiger charge is 2.67. The van der Waals surface area contributed by atoms with E-state index in [1.165, 1.54) is 0 Å². The molecule has 1 heterocycles. The van der Waals surface area contributed by atoms with Crippen molar-refractivity contribution < 1.29 is 23.9 Å². The molecule has 2 bridgehead atoms. The van der Waals surface area contributed by atoms with Gasteiger partial charge in [-0.05, 0) is 49.7 Å². The van der Waals surface area contributed by atoms with E-state index in [0.29, 0.717) is 30.4 Å². The zero-order chi connectivity index (χ0) is 24.1. The van der Waals surface area contributed by atoms with Crippen molar-refractivity contribution in [3.8, 4) is 0 Å². The fraction of sp³-hybridized carbons (Fsp3) is 0.769. The number of allylic oxidation sites excluding steroid dienone is 2. The fourth-order valence-corrected chi connectivity index (χ4v) is 8.23. The van der Waals surface area contributed by atoms with Crippen LogP contribution in [0.4, 0.5) is 0 Å². The summed E-state index contributed by atoms with van der Waals surface area (Å²) in [6.07, 6.45) is 3.82. The van der Waals surface area contributed by atoms with E-state index in [4.69, 9.17) is 9.16 Å². The van der Waals surface area contributed by atoms with Crippen LogP contribution in [0.3, 0.4) is 0 Å². The molecule has 1 fully saturated rings. The fourth-order valence-electron chi connectivity index (χ4n) is 6.79. The topological polar surface area (TPSA) is 72.8 Å². The van der Waals surface area contributed by atoms with E-state index in [-0.39, 0.29) is 35.2 Å². The average Bonchev–Trinajstić information content (AvgIpc) is 2.86. The molecular formula is C26H40O5Si. The van der Waals surface area contributed by atoms with Crippen molar-refractivity contribution >= 4 is 20.1 Å². The molecule has 0 aromatic heterocycles. The number of fused-ring (bicyclic) bond motifs is 3. The predicted octanol–water partition coefficient (Wildman–Crippen LogP) is 5.30. The number of esters is 1. The molecule has 4 rings (SSSR count). The number of Topliss-reactive ketones (excluding diaryl/α,β-unsaturated/α-hetero) is 1. The second-order valence-electron chi connectivity index (χ2n) is 12.9. The van der Waals surface area contributed by atoms with E-state index >= 15 is 0 Å². The van der Waals surface area contributed by atoms with Crippen LogP contribution in [0.5, 0.6) is 0 Å². The maximum Gasteiger partial charge on any atom is 0.336 e. The van der Waals surface area contributed by atoms with Gasteiger partial charge in [0.25, 0.3) is 0 Å². The van der Waals surface area contributed by atoms with Crippen molar-refractivity contribution in [3.63, 3.8) is 0 Å². The Morgan fingerprint density at radius 2 is 1.81 bits per heavy atom. The summed E-state index contributed by atoms with van der Waals surface area (Å²) < 4.78 is 12.8. The van der Waals surface area contributed by atoms with Crippen LogP contribution in [0.2, 0.25) is 18.1 Å². The van der Waals surface area contributed by atoms with Crippen molar-refractivity contribution in [2.24, 2.45) is 22.7 Å². The molecule has 3 aliphatic carbocycles. The van der Waals surface area contributed by atoms with Gasteiger partial charge in [0, 0.05) is 34.8 Å². The van der Waals surface area contributed by atoms with Crippen LogP contribution in [0.15, 0.2) is 22.8 Å². The SMILES string of the molecule is CC1=CC[C@@H]2C(C)(C)[C@H]1C(=O)C[C@@]1(C)C3=C(CC[C@@H]1O[Si](C)(C)C(C)(C)C)C(=O)O[C@@]32O. The van der Waals surface area contributed by atoms with Crippen LogP contribution in [-0.4, -0.2) is 37.1 Å². The third kappa shape index (κ3) is 3.08. The van der Waals surface area contributed by atoms with Crippen LogP contribution in [0, 0.1) is 22.7 Å². The average molecular weight is 461 g/mol. The Morgan fingerprint density at radius 1 is 1.19 bits per heavy atom. The molecule has 0 aromatic carbocycles. The van der Waals surface area contributed by atoms with Crippen molar-refractivity contribution in [1.29, 1.82) is 0 Å². The maximum absolute atomic E-state index is 13.9. The second kappa shape index (κ2) is 6.89. The molecule has 0 aromatic rings. The van der Waals surface area contributed by atoms with Gasteiger partial charge in [-0.25, -0.2) is 4.79 Å². The molecule has 0 radical (unpaired) electrons. The van der Waals surface area contributed by atoms with Crippen LogP contribution < -0.4 is 0 Å². The van der Waals surface area contributed by atoms with Gasteiger partial charge in [-0.1, -0.05) is 53.2 Å². The Hall–Kier alpha value is -1.24. The molecule has 32 heavy (non-hydrogen) atoms. The molecule has 0 unspecified atom stereocenters. The molecule has 0 saturated heterocycles. The lowest BCUT2D eigenvalue weighted by atomic mass is 9.51. The second-order valence-corrected chi connectivity index (χ2v) is 17.7.